The van der Waals surface area contributed by atoms with E-state index in [1.54, 1.807) is 18.4 Å². The van der Waals surface area contributed by atoms with Crippen molar-refractivity contribution in [1.82, 2.24) is 25.8 Å². The minimum Gasteiger partial charge on any atom is -0.356 e. The molecule has 2 aromatic heterocycles. The maximum absolute atomic E-state index is 5.21. The van der Waals surface area contributed by atoms with Crippen molar-refractivity contribution in [3.8, 4) is 0 Å². The number of aromatic nitrogens is 3. The highest BCUT2D eigenvalue weighted by Gasteiger charge is 2.09. The van der Waals surface area contributed by atoms with Crippen LogP contribution in [0.2, 0.25) is 0 Å². The summed E-state index contributed by atoms with van der Waals surface area (Å²) >= 11 is 1.68. The van der Waals surface area contributed by atoms with Gasteiger partial charge in [0.15, 0.2) is 11.8 Å². The van der Waals surface area contributed by atoms with Crippen molar-refractivity contribution in [2.24, 2.45) is 4.99 Å². The minimum atomic E-state index is 0. The third-order valence-electron chi connectivity index (χ3n) is 3.20. The van der Waals surface area contributed by atoms with E-state index in [2.05, 4.69) is 36.1 Å². The Labute approximate surface area is 163 Å². The second-order valence-corrected chi connectivity index (χ2v) is 6.55. The molecule has 0 atom stereocenters. The molecule has 0 bridgehead atoms. The minimum absolute atomic E-state index is 0. The van der Waals surface area contributed by atoms with Gasteiger partial charge in [-0.1, -0.05) is 19.0 Å². The molecule has 0 saturated carbocycles. The van der Waals surface area contributed by atoms with Gasteiger partial charge in [-0.3, -0.25) is 4.99 Å². The highest BCUT2D eigenvalue weighted by molar-refractivity contribution is 14.0. The van der Waals surface area contributed by atoms with Gasteiger partial charge in [-0.15, -0.1) is 35.3 Å². The maximum atomic E-state index is 5.21. The van der Waals surface area contributed by atoms with Crippen LogP contribution in [-0.2, 0) is 12.8 Å². The van der Waals surface area contributed by atoms with Gasteiger partial charge >= 0.3 is 0 Å². The van der Waals surface area contributed by atoms with Crippen LogP contribution < -0.4 is 10.6 Å². The molecule has 2 rings (SSSR count). The number of nitrogens with zero attached hydrogens (tertiary/aromatic N) is 4. The molecule has 2 heterocycles. The SMILES string of the molecule is CN=C(NCCc1csc(C)n1)NCCc1nc(C(C)C)no1.I. The first kappa shape index (κ1) is 20.8. The molecule has 0 aromatic carbocycles. The largest absolute Gasteiger partial charge is 0.356 e. The summed E-state index contributed by atoms with van der Waals surface area (Å²) in [7, 11) is 1.76. The smallest absolute Gasteiger partial charge is 0.228 e. The predicted molar refractivity (Wildman–Crippen MR) is 107 cm³/mol. The number of aliphatic imine (C=N–C) groups is 1. The number of guanidine groups is 1. The lowest BCUT2D eigenvalue weighted by molar-refractivity contribution is 0.371. The highest BCUT2D eigenvalue weighted by Crippen LogP contribution is 2.09. The Morgan fingerprint density at radius 1 is 1.25 bits per heavy atom. The Kier molecular flexibility index (Phi) is 9.19. The maximum Gasteiger partial charge on any atom is 0.228 e. The van der Waals surface area contributed by atoms with Gasteiger partial charge in [-0.25, -0.2) is 4.98 Å². The molecule has 7 nitrogen and oxygen atoms in total. The molecule has 9 heteroatoms. The molecule has 0 aliphatic heterocycles. The van der Waals surface area contributed by atoms with Crippen LogP contribution >= 0.6 is 35.3 Å². The summed E-state index contributed by atoms with van der Waals surface area (Å²) in [5.74, 6) is 2.44. The Hall–Kier alpha value is -1.23. The zero-order chi connectivity index (χ0) is 16.7. The summed E-state index contributed by atoms with van der Waals surface area (Å²) < 4.78 is 5.21. The quantitative estimate of drug-likeness (QED) is 0.372. The summed E-state index contributed by atoms with van der Waals surface area (Å²) in [6.07, 6.45) is 1.55. The van der Waals surface area contributed by atoms with Gasteiger partial charge in [0, 0.05) is 44.3 Å². The van der Waals surface area contributed by atoms with Gasteiger partial charge in [0.05, 0.1) is 10.7 Å². The normalized spacial score (nSPS) is 11.5. The number of halogens is 1. The number of rotatable bonds is 7. The van der Waals surface area contributed by atoms with E-state index in [0.29, 0.717) is 18.9 Å². The van der Waals surface area contributed by atoms with Gasteiger partial charge < -0.3 is 15.2 Å². The number of hydrogen-bond acceptors (Lipinski definition) is 6. The van der Waals surface area contributed by atoms with Gasteiger partial charge in [0.1, 0.15) is 0 Å². The first-order valence-electron chi connectivity index (χ1n) is 7.76. The van der Waals surface area contributed by atoms with Crippen LogP contribution in [0.3, 0.4) is 0 Å². The van der Waals surface area contributed by atoms with Crippen molar-refractivity contribution >= 4 is 41.3 Å². The summed E-state index contributed by atoms with van der Waals surface area (Å²) in [4.78, 5) is 13.0. The van der Waals surface area contributed by atoms with E-state index in [-0.39, 0.29) is 29.9 Å². The number of hydrogen-bond donors (Lipinski definition) is 2. The molecule has 0 aliphatic rings. The third kappa shape index (κ3) is 6.71. The molecule has 2 N–H and O–H groups in total. The summed E-state index contributed by atoms with van der Waals surface area (Å²) in [6.45, 7) is 7.59. The van der Waals surface area contributed by atoms with Crippen LogP contribution in [-0.4, -0.2) is 41.2 Å². The van der Waals surface area contributed by atoms with Crippen LogP contribution in [0.4, 0.5) is 0 Å². The first-order valence-corrected chi connectivity index (χ1v) is 8.64. The fourth-order valence-electron chi connectivity index (χ4n) is 1.94. The van der Waals surface area contributed by atoms with E-state index < -0.39 is 0 Å². The Balaban J connectivity index is 0.00000288. The summed E-state index contributed by atoms with van der Waals surface area (Å²) in [5, 5.41) is 13.7. The van der Waals surface area contributed by atoms with Crippen molar-refractivity contribution in [2.75, 3.05) is 20.1 Å². The van der Waals surface area contributed by atoms with Crippen molar-refractivity contribution < 1.29 is 4.52 Å². The molecule has 0 amide bonds. The number of nitrogens with one attached hydrogen (secondary N) is 2. The molecule has 0 radical (unpaired) electrons. The average molecular weight is 464 g/mol. The lowest BCUT2D eigenvalue weighted by Gasteiger charge is -2.10. The molecule has 0 spiro atoms. The van der Waals surface area contributed by atoms with Gasteiger partial charge in [0.2, 0.25) is 5.89 Å². The molecule has 0 unspecified atom stereocenters. The standard InChI is InChI=1S/C15H24N6OS.HI/c1-10(2)14-20-13(22-21-14)6-8-18-15(16-4)17-7-5-12-9-23-11(3)19-12;/h9-10H,5-8H2,1-4H3,(H2,16,17,18);1H. The van der Waals surface area contributed by atoms with Crippen molar-refractivity contribution in [2.45, 2.75) is 39.5 Å². The van der Waals surface area contributed by atoms with E-state index in [1.807, 2.05) is 20.8 Å². The van der Waals surface area contributed by atoms with Crippen LogP contribution in [0.5, 0.6) is 0 Å². The fraction of sp³-hybridized carbons (Fsp3) is 0.600. The van der Waals surface area contributed by atoms with E-state index in [0.717, 1.165) is 35.5 Å². The zero-order valence-electron chi connectivity index (χ0n) is 14.5. The summed E-state index contributed by atoms with van der Waals surface area (Å²) in [5.41, 5.74) is 1.11. The Bertz CT molecular complexity index is 639. The van der Waals surface area contributed by atoms with E-state index >= 15 is 0 Å². The summed E-state index contributed by atoms with van der Waals surface area (Å²) in [6, 6.07) is 0. The highest BCUT2D eigenvalue weighted by atomic mass is 127. The fourth-order valence-corrected chi connectivity index (χ4v) is 2.59. The Morgan fingerprint density at radius 2 is 1.96 bits per heavy atom. The topological polar surface area (TPSA) is 88.2 Å². The van der Waals surface area contributed by atoms with Gasteiger partial charge in [0.25, 0.3) is 0 Å². The van der Waals surface area contributed by atoms with Crippen LogP contribution in [0, 0.1) is 6.92 Å². The third-order valence-corrected chi connectivity index (χ3v) is 4.02. The van der Waals surface area contributed by atoms with E-state index in [9.17, 15) is 0 Å². The first-order chi connectivity index (χ1) is 11.1. The van der Waals surface area contributed by atoms with Crippen molar-refractivity contribution in [3.05, 3.63) is 27.8 Å². The molecule has 2 aromatic rings. The van der Waals surface area contributed by atoms with E-state index in [1.165, 1.54) is 0 Å². The molecule has 24 heavy (non-hydrogen) atoms. The second kappa shape index (κ2) is 10.6. The number of aryl methyl sites for hydroxylation is 1. The molecule has 0 aliphatic carbocycles. The molecule has 134 valence electrons. The van der Waals surface area contributed by atoms with Crippen LogP contribution in [0.15, 0.2) is 14.9 Å². The average Bonchev–Trinajstić information content (AvgIpc) is 3.15. The molecule has 0 fully saturated rings. The lowest BCUT2D eigenvalue weighted by atomic mass is 10.2. The van der Waals surface area contributed by atoms with Crippen molar-refractivity contribution in [1.29, 1.82) is 0 Å². The van der Waals surface area contributed by atoms with Gasteiger partial charge in [-0.2, -0.15) is 4.98 Å². The van der Waals surface area contributed by atoms with Gasteiger partial charge in [-0.05, 0) is 6.92 Å². The second-order valence-electron chi connectivity index (χ2n) is 5.48. The molecular weight excluding hydrogens is 439 g/mol. The molecular formula is C15H25IN6OS. The number of thiazole rings is 1. The molecule has 0 saturated heterocycles. The monoisotopic (exact) mass is 464 g/mol. The zero-order valence-corrected chi connectivity index (χ0v) is 17.6. The Morgan fingerprint density at radius 3 is 2.50 bits per heavy atom. The van der Waals surface area contributed by atoms with E-state index in [4.69, 9.17) is 4.52 Å². The van der Waals surface area contributed by atoms with Crippen LogP contribution in [0.25, 0.3) is 0 Å². The van der Waals surface area contributed by atoms with Crippen LogP contribution in [0.1, 0.15) is 42.2 Å². The lowest BCUT2D eigenvalue weighted by Crippen LogP contribution is -2.39. The van der Waals surface area contributed by atoms with Crippen molar-refractivity contribution in [3.63, 3.8) is 0 Å². The predicted octanol–water partition coefficient (Wildman–Crippen LogP) is 2.53.